The molecule has 76 valence electrons. The van der Waals surface area contributed by atoms with Crippen molar-refractivity contribution in [3.63, 3.8) is 0 Å². The molecule has 1 unspecified atom stereocenters. The minimum atomic E-state index is 0.478. The zero-order valence-electron chi connectivity index (χ0n) is 9.01. The van der Waals surface area contributed by atoms with Crippen LogP contribution in [-0.2, 0) is 4.79 Å². The van der Waals surface area contributed by atoms with Crippen molar-refractivity contribution in [2.45, 2.75) is 52.4 Å². The van der Waals surface area contributed by atoms with Crippen LogP contribution in [0.3, 0.4) is 0 Å². The largest absolute Gasteiger partial charge is 0.303 e. The number of carbonyl (C=O) groups is 1. The second kappa shape index (κ2) is 8.03. The van der Waals surface area contributed by atoms with Crippen LogP contribution < -0.4 is 0 Å². The van der Waals surface area contributed by atoms with E-state index in [4.69, 9.17) is 0 Å². The van der Waals surface area contributed by atoms with Crippen molar-refractivity contribution >= 4 is 6.29 Å². The number of hydrogen-bond acceptors (Lipinski definition) is 1. The van der Waals surface area contributed by atoms with E-state index in [0.717, 1.165) is 19.1 Å². The van der Waals surface area contributed by atoms with Crippen LogP contribution in [0.2, 0.25) is 0 Å². The second-order valence-corrected chi connectivity index (χ2v) is 3.92. The predicted octanol–water partition coefficient (Wildman–Crippen LogP) is 3.74. The molecule has 0 amide bonds. The molecular formula is C12H22O. The number of carbonyl (C=O) groups excluding carboxylic acids is 1. The molecule has 13 heavy (non-hydrogen) atoms. The van der Waals surface area contributed by atoms with Crippen molar-refractivity contribution in [1.82, 2.24) is 0 Å². The molecule has 0 saturated heterocycles. The normalized spacial score (nSPS) is 12.5. The Kier molecular flexibility index (Phi) is 7.66. The fraction of sp³-hybridized carbons (Fsp3) is 0.750. The average Bonchev–Trinajstić information content (AvgIpc) is 2.05. The number of aldehydes is 1. The first-order chi connectivity index (χ1) is 6.20. The molecule has 0 saturated carbocycles. The van der Waals surface area contributed by atoms with Crippen LogP contribution >= 0.6 is 0 Å². The molecule has 0 heterocycles. The lowest BCUT2D eigenvalue weighted by Crippen LogP contribution is -1.97. The number of hydrogen-bond donors (Lipinski definition) is 0. The molecular weight excluding hydrogens is 160 g/mol. The zero-order valence-corrected chi connectivity index (χ0v) is 9.01. The fourth-order valence-electron chi connectivity index (χ4n) is 1.47. The third-order valence-electron chi connectivity index (χ3n) is 2.27. The third-order valence-corrected chi connectivity index (χ3v) is 2.27. The molecule has 1 heteroatoms. The Morgan fingerprint density at radius 1 is 1.46 bits per heavy atom. The van der Waals surface area contributed by atoms with Gasteiger partial charge >= 0.3 is 0 Å². The van der Waals surface area contributed by atoms with Crippen LogP contribution in [0.15, 0.2) is 12.2 Å². The lowest BCUT2D eigenvalue weighted by Gasteiger charge is -2.09. The van der Waals surface area contributed by atoms with Crippen LogP contribution in [0, 0.1) is 5.92 Å². The first-order valence-electron chi connectivity index (χ1n) is 5.31. The van der Waals surface area contributed by atoms with Crippen LogP contribution in [-0.4, -0.2) is 6.29 Å². The summed E-state index contributed by atoms with van der Waals surface area (Å²) in [5.74, 6) is 0.478. The highest BCUT2D eigenvalue weighted by atomic mass is 16.1. The molecule has 1 atom stereocenters. The maximum atomic E-state index is 10.2. The van der Waals surface area contributed by atoms with Gasteiger partial charge < -0.3 is 4.79 Å². The van der Waals surface area contributed by atoms with Crippen LogP contribution in [0.25, 0.3) is 0 Å². The Morgan fingerprint density at radius 3 is 2.69 bits per heavy atom. The second-order valence-electron chi connectivity index (χ2n) is 3.92. The molecule has 0 aliphatic rings. The van der Waals surface area contributed by atoms with E-state index in [1.54, 1.807) is 0 Å². The highest BCUT2D eigenvalue weighted by Gasteiger charge is 2.03. The van der Waals surface area contributed by atoms with Gasteiger partial charge in [0.2, 0.25) is 0 Å². The lowest BCUT2D eigenvalue weighted by molar-refractivity contribution is -0.108. The Morgan fingerprint density at radius 2 is 2.15 bits per heavy atom. The molecule has 1 nitrogen and oxygen atoms in total. The smallest absolute Gasteiger partial charge is 0.120 e. The molecule has 0 bridgehead atoms. The van der Waals surface area contributed by atoms with E-state index < -0.39 is 0 Å². The first-order valence-corrected chi connectivity index (χ1v) is 5.31. The summed E-state index contributed by atoms with van der Waals surface area (Å²) in [5.41, 5.74) is 1.31. The Balaban J connectivity index is 3.43. The topological polar surface area (TPSA) is 17.1 Å². The van der Waals surface area contributed by atoms with Gasteiger partial charge in [0.1, 0.15) is 6.29 Å². The minimum Gasteiger partial charge on any atom is -0.303 e. The number of rotatable bonds is 8. The summed E-state index contributed by atoms with van der Waals surface area (Å²) in [4.78, 5) is 10.2. The van der Waals surface area contributed by atoms with Crippen molar-refractivity contribution in [3.8, 4) is 0 Å². The zero-order chi connectivity index (χ0) is 10.1. The molecule has 0 aromatic heterocycles. The van der Waals surface area contributed by atoms with Gasteiger partial charge in [-0.05, 0) is 25.2 Å². The molecule has 0 fully saturated rings. The summed E-state index contributed by atoms with van der Waals surface area (Å²) in [6, 6.07) is 0. The van der Waals surface area contributed by atoms with Crippen LogP contribution in [0.4, 0.5) is 0 Å². The number of unbranched alkanes of at least 4 members (excludes halogenated alkanes) is 2. The lowest BCUT2D eigenvalue weighted by atomic mass is 9.96. The van der Waals surface area contributed by atoms with E-state index in [0.29, 0.717) is 12.3 Å². The molecule has 0 spiro atoms. The van der Waals surface area contributed by atoms with Gasteiger partial charge in [0.05, 0.1) is 0 Å². The summed E-state index contributed by atoms with van der Waals surface area (Å²) >= 11 is 0. The van der Waals surface area contributed by atoms with Gasteiger partial charge in [0, 0.05) is 6.42 Å². The van der Waals surface area contributed by atoms with E-state index in [9.17, 15) is 4.79 Å². The molecule has 0 aliphatic heterocycles. The predicted molar refractivity (Wildman–Crippen MR) is 57.7 cm³/mol. The molecule has 0 aliphatic carbocycles. The maximum Gasteiger partial charge on any atom is 0.120 e. The molecule has 0 rings (SSSR count). The van der Waals surface area contributed by atoms with Crippen LogP contribution in [0.1, 0.15) is 52.4 Å². The van der Waals surface area contributed by atoms with Crippen molar-refractivity contribution in [1.29, 1.82) is 0 Å². The summed E-state index contributed by atoms with van der Waals surface area (Å²) in [6.07, 6.45) is 7.64. The van der Waals surface area contributed by atoms with Gasteiger partial charge in [0.25, 0.3) is 0 Å². The summed E-state index contributed by atoms with van der Waals surface area (Å²) in [5, 5.41) is 0. The van der Waals surface area contributed by atoms with Crippen molar-refractivity contribution in [2.24, 2.45) is 5.92 Å². The SMILES string of the molecule is C=C(CCCCC)CC(C)CC=O. The van der Waals surface area contributed by atoms with Crippen LogP contribution in [0.5, 0.6) is 0 Å². The molecule has 0 aromatic carbocycles. The van der Waals surface area contributed by atoms with Gasteiger partial charge in [-0.2, -0.15) is 0 Å². The highest BCUT2D eigenvalue weighted by molar-refractivity contribution is 5.49. The van der Waals surface area contributed by atoms with E-state index in [-0.39, 0.29) is 0 Å². The van der Waals surface area contributed by atoms with Gasteiger partial charge in [-0.25, -0.2) is 0 Å². The Hall–Kier alpha value is -0.590. The fourth-order valence-corrected chi connectivity index (χ4v) is 1.47. The third kappa shape index (κ3) is 7.76. The van der Waals surface area contributed by atoms with Crippen molar-refractivity contribution in [3.05, 3.63) is 12.2 Å². The van der Waals surface area contributed by atoms with E-state index >= 15 is 0 Å². The molecule has 0 aromatic rings. The Labute approximate surface area is 82.2 Å². The molecule has 0 radical (unpaired) electrons. The van der Waals surface area contributed by atoms with Gasteiger partial charge in [-0.1, -0.05) is 38.8 Å². The molecule has 0 N–H and O–H groups in total. The highest BCUT2D eigenvalue weighted by Crippen LogP contribution is 2.17. The van der Waals surface area contributed by atoms with Crippen molar-refractivity contribution in [2.75, 3.05) is 0 Å². The summed E-state index contributed by atoms with van der Waals surface area (Å²) in [6.45, 7) is 8.35. The summed E-state index contributed by atoms with van der Waals surface area (Å²) < 4.78 is 0. The van der Waals surface area contributed by atoms with Gasteiger partial charge in [-0.3, -0.25) is 0 Å². The monoisotopic (exact) mass is 182 g/mol. The summed E-state index contributed by atoms with van der Waals surface area (Å²) in [7, 11) is 0. The van der Waals surface area contributed by atoms with E-state index in [2.05, 4.69) is 20.4 Å². The standard InChI is InChI=1S/C12H22O/c1-4-5-6-7-11(2)10-12(3)8-9-13/h9,12H,2,4-8,10H2,1,3H3. The average molecular weight is 182 g/mol. The maximum absolute atomic E-state index is 10.2. The number of allylic oxidation sites excluding steroid dienone is 1. The van der Waals surface area contributed by atoms with Gasteiger partial charge in [-0.15, -0.1) is 0 Å². The minimum absolute atomic E-state index is 0.478. The van der Waals surface area contributed by atoms with E-state index in [1.807, 2.05) is 0 Å². The Bertz CT molecular complexity index is 149. The quantitative estimate of drug-likeness (QED) is 0.317. The van der Waals surface area contributed by atoms with Gasteiger partial charge in [0.15, 0.2) is 0 Å². The van der Waals surface area contributed by atoms with E-state index in [1.165, 1.54) is 24.8 Å². The van der Waals surface area contributed by atoms with Crippen molar-refractivity contribution < 1.29 is 4.79 Å². The first kappa shape index (κ1) is 12.4.